The smallest absolute Gasteiger partial charge is 0.197 e. The van der Waals surface area contributed by atoms with Crippen LogP contribution < -0.4 is 5.32 Å². The molecule has 0 aromatic carbocycles. The molecule has 1 aromatic heterocycles. The van der Waals surface area contributed by atoms with Gasteiger partial charge in [0.1, 0.15) is 0 Å². The van der Waals surface area contributed by atoms with Gasteiger partial charge in [0.15, 0.2) is 10.6 Å². The van der Waals surface area contributed by atoms with E-state index in [1.54, 1.807) is 0 Å². The van der Waals surface area contributed by atoms with Crippen LogP contribution in [0.2, 0.25) is 0 Å². The molecular formula is C12H17BrN2O. The van der Waals surface area contributed by atoms with Crippen LogP contribution >= 0.6 is 15.9 Å². The molecule has 0 saturated carbocycles. The van der Waals surface area contributed by atoms with Crippen LogP contribution in [-0.4, -0.2) is 31.6 Å². The molecule has 4 heteroatoms. The van der Waals surface area contributed by atoms with Gasteiger partial charge in [-0.25, -0.2) is 0 Å². The lowest BCUT2D eigenvalue weighted by Gasteiger charge is -2.33. The largest absolute Gasteiger partial charge is 0.434 e. The van der Waals surface area contributed by atoms with Crippen molar-refractivity contribution in [3.05, 3.63) is 16.3 Å². The van der Waals surface area contributed by atoms with Crippen molar-refractivity contribution in [3.8, 4) is 0 Å². The van der Waals surface area contributed by atoms with E-state index >= 15 is 0 Å². The SMILES string of the molecule is CN1CCCC(C2CNc3oc(Br)cc32)C1. The van der Waals surface area contributed by atoms with Gasteiger partial charge in [-0.1, -0.05) is 0 Å². The lowest BCUT2D eigenvalue weighted by molar-refractivity contribution is 0.191. The van der Waals surface area contributed by atoms with Crippen molar-refractivity contribution in [2.24, 2.45) is 5.92 Å². The second-order valence-electron chi connectivity index (χ2n) is 4.99. The molecule has 0 bridgehead atoms. The van der Waals surface area contributed by atoms with Crippen molar-refractivity contribution >= 4 is 21.8 Å². The van der Waals surface area contributed by atoms with E-state index in [4.69, 9.17) is 4.42 Å². The number of furan rings is 1. The third kappa shape index (κ3) is 1.78. The summed E-state index contributed by atoms with van der Waals surface area (Å²) in [5.41, 5.74) is 1.37. The van der Waals surface area contributed by atoms with Gasteiger partial charge in [-0.15, -0.1) is 0 Å². The molecule has 2 atom stereocenters. The monoisotopic (exact) mass is 284 g/mol. The molecule has 2 aliphatic heterocycles. The zero-order valence-electron chi connectivity index (χ0n) is 9.50. The minimum Gasteiger partial charge on any atom is -0.434 e. The maximum Gasteiger partial charge on any atom is 0.197 e. The van der Waals surface area contributed by atoms with Crippen LogP contribution in [0.4, 0.5) is 5.88 Å². The number of rotatable bonds is 1. The van der Waals surface area contributed by atoms with Crippen LogP contribution in [0.5, 0.6) is 0 Å². The topological polar surface area (TPSA) is 28.4 Å². The molecule has 3 rings (SSSR count). The highest BCUT2D eigenvalue weighted by molar-refractivity contribution is 9.10. The second kappa shape index (κ2) is 4.08. The fourth-order valence-corrected chi connectivity index (χ4v) is 3.46. The number of nitrogens with zero attached hydrogens (tertiary/aromatic N) is 1. The highest BCUT2D eigenvalue weighted by Gasteiger charge is 2.34. The Hall–Kier alpha value is -0.480. The Labute approximate surface area is 104 Å². The predicted molar refractivity (Wildman–Crippen MR) is 67.9 cm³/mol. The standard InChI is InChI=1S/C12H17BrN2O/c1-15-4-2-3-8(7-15)10-6-14-12-9(10)5-11(13)16-12/h5,8,10,14H,2-4,6-7H2,1H3. The maximum absolute atomic E-state index is 5.57. The molecule has 0 radical (unpaired) electrons. The molecule has 2 unspecified atom stereocenters. The Balaban J connectivity index is 1.81. The van der Waals surface area contributed by atoms with Crippen LogP contribution in [0.25, 0.3) is 0 Å². The Kier molecular flexibility index (Phi) is 2.72. The van der Waals surface area contributed by atoms with E-state index in [1.165, 1.54) is 31.5 Å². The molecule has 1 fully saturated rings. The predicted octanol–water partition coefficient (Wildman–Crippen LogP) is 2.89. The summed E-state index contributed by atoms with van der Waals surface area (Å²) in [6.07, 6.45) is 2.67. The lowest BCUT2D eigenvalue weighted by atomic mass is 9.83. The van der Waals surface area contributed by atoms with Gasteiger partial charge >= 0.3 is 0 Å². The minimum absolute atomic E-state index is 0.632. The molecule has 88 valence electrons. The van der Waals surface area contributed by atoms with Crippen LogP contribution in [-0.2, 0) is 0 Å². The van der Waals surface area contributed by atoms with Gasteiger partial charge in [0, 0.05) is 24.6 Å². The van der Waals surface area contributed by atoms with Gasteiger partial charge in [0.2, 0.25) is 0 Å². The zero-order chi connectivity index (χ0) is 11.1. The Bertz CT molecular complexity index is 390. The highest BCUT2D eigenvalue weighted by Crippen LogP contribution is 2.42. The Morgan fingerprint density at radius 3 is 3.25 bits per heavy atom. The van der Waals surface area contributed by atoms with Crippen LogP contribution in [0.15, 0.2) is 15.2 Å². The summed E-state index contributed by atoms with van der Waals surface area (Å²) in [5, 5.41) is 3.37. The summed E-state index contributed by atoms with van der Waals surface area (Å²) < 4.78 is 6.41. The van der Waals surface area contributed by atoms with Crippen LogP contribution in [0.1, 0.15) is 24.3 Å². The molecule has 1 N–H and O–H groups in total. The molecular weight excluding hydrogens is 268 g/mol. The number of likely N-dealkylation sites (tertiary alicyclic amines) is 1. The van der Waals surface area contributed by atoms with Gasteiger partial charge in [-0.05, 0) is 54.3 Å². The van der Waals surface area contributed by atoms with Crippen molar-refractivity contribution < 1.29 is 4.42 Å². The van der Waals surface area contributed by atoms with E-state index in [0.29, 0.717) is 5.92 Å². The number of fused-ring (bicyclic) bond motifs is 1. The average molecular weight is 285 g/mol. The summed E-state index contributed by atoms with van der Waals surface area (Å²) >= 11 is 3.40. The molecule has 3 heterocycles. The average Bonchev–Trinajstić information content (AvgIpc) is 2.76. The van der Waals surface area contributed by atoms with E-state index in [9.17, 15) is 0 Å². The normalized spacial score (nSPS) is 30.1. The number of piperidine rings is 1. The van der Waals surface area contributed by atoms with Crippen LogP contribution in [0, 0.1) is 5.92 Å². The Morgan fingerprint density at radius 1 is 1.56 bits per heavy atom. The molecule has 3 nitrogen and oxygen atoms in total. The first kappa shape index (κ1) is 10.7. The quantitative estimate of drug-likeness (QED) is 0.860. The van der Waals surface area contributed by atoms with E-state index in [0.717, 1.165) is 23.0 Å². The maximum atomic E-state index is 5.57. The van der Waals surface area contributed by atoms with Gasteiger partial charge in [0.05, 0.1) is 0 Å². The first-order valence-corrected chi connectivity index (χ1v) is 6.75. The number of halogens is 1. The van der Waals surface area contributed by atoms with Crippen molar-refractivity contribution in [2.75, 3.05) is 32.0 Å². The van der Waals surface area contributed by atoms with Crippen LogP contribution in [0.3, 0.4) is 0 Å². The fourth-order valence-electron chi connectivity index (χ4n) is 3.06. The van der Waals surface area contributed by atoms with Gasteiger partial charge in [-0.3, -0.25) is 0 Å². The summed E-state index contributed by atoms with van der Waals surface area (Å²) in [4.78, 5) is 2.45. The summed E-state index contributed by atoms with van der Waals surface area (Å²) in [6.45, 7) is 3.51. The number of nitrogens with one attached hydrogen (secondary N) is 1. The second-order valence-corrected chi connectivity index (χ2v) is 5.77. The van der Waals surface area contributed by atoms with Gasteiger partial charge < -0.3 is 14.6 Å². The summed E-state index contributed by atoms with van der Waals surface area (Å²) in [5.74, 6) is 2.38. The zero-order valence-corrected chi connectivity index (χ0v) is 11.1. The molecule has 0 amide bonds. The highest BCUT2D eigenvalue weighted by atomic mass is 79.9. The van der Waals surface area contributed by atoms with Crippen molar-refractivity contribution in [1.29, 1.82) is 0 Å². The van der Waals surface area contributed by atoms with Crippen molar-refractivity contribution in [2.45, 2.75) is 18.8 Å². The van der Waals surface area contributed by atoms with Gasteiger partial charge in [-0.2, -0.15) is 0 Å². The molecule has 0 spiro atoms. The molecule has 2 aliphatic rings. The molecule has 1 aromatic rings. The fraction of sp³-hybridized carbons (Fsp3) is 0.667. The van der Waals surface area contributed by atoms with E-state index in [2.05, 4.69) is 39.3 Å². The minimum atomic E-state index is 0.632. The number of hydrogen-bond donors (Lipinski definition) is 1. The number of anilines is 1. The van der Waals surface area contributed by atoms with E-state index in [1.807, 2.05) is 0 Å². The Morgan fingerprint density at radius 2 is 2.44 bits per heavy atom. The third-order valence-electron chi connectivity index (χ3n) is 3.84. The summed E-state index contributed by atoms with van der Waals surface area (Å²) in [7, 11) is 2.22. The first-order valence-electron chi connectivity index (χ1n) is 5.95. The van der Waals surface area contributed by atoms with E-state index in [-0.39, 0.29) is 0 Å². The van der Waals surface area contributed by atoms with Gasteiger partial charge in [0.25, 0.3) is 0 Å². The first-order chi connectivity index (χ1) is 7.74. The molecule has 16 heavy (non-hydrogen) atoms. The lowest BCUT2D eigenvalue weighted by Crippen LogP contribution is -2.35. The van der Waals surface area contributed by atoms with Crippen molar-refractivity contribution in [1.82, 2.24) is 4.90 Å². The molecule has 1 saturated heterocycles. The number of hydrogen-bond acceptors (Lipinski definition) is 3. The summed E-state index contributed by atoms with van der Waals surface area (Å²) in [6, 6.07) is 2.13. The molecule has 0 aliphatic carbocycles. The van der Waals surface area contributed by atoms with Crippen molar-refractivity contribution in [3.63, 3.8) is 0 Å². The third-order valence-corrected chi connectivity index (χ3v) is 4.23. The van der Waals surface area contributed by atoms with E-state index < -0.39 is 0 Å².